The van der Waals surface area contributed by atoms with E-state index < -0.39 is 0 Å². The van der Waals surface area contributed by atoms with E-state index in [-0.39, 0.29) is 0 Å². The highest BCUT2D eigenvalue weighted by atomic mass is 15.1. The van der Waals surface area contributed by atoms with E-state index in [0.717, 1.165) is 32.8 Å². The molecule has 5 nitrogen and oxygen atoms in total. The summed E-state index contributed by atoms with van der Waals surface area (Å²) in [5.41, 5.74) is 3.97. The van der Waals surface area contributed by atoms with Crippen LogP contribution in [0.3, 0.4) is 0 Å². The van der Waals surface area contributed by atoms with Crippen molar-refractivity contribution in [3.05, 3.63) is 91.5 Å². The minimum absolute atomic E-state index is 0.657. The lowest BCUT2D eigenvalue weighted by Crippen LogP contribution is -1.99. The van der Waals surface area contributed by atoms with Crippen molar-refractivity contribution in [3.8, 4) is 5.95 Å². The number of hydrogen-bond donors (Lipinski definition) is 0. The van der Waals surface area contributed by atoms with Gasteiger partial charge in [0.15, 0.2) is 0 Å². The zero-order valence-corrected chi connectivity index (χ0v) is 16.4. The first kappa shape index (κ1) is 16.4. The first-order valence-electron chi connectivity index (χ1n) is 10.2. The third-order valence-corrected chi connectivity index (χ3v) is 5.99. The van der Waals surface area contributed by atoms with Crippen LogP contribution in [0.4, 0.5) is 0 Å². The fourth-order valence-electron chi connectivity index (χ4n) is 4.71. The van der Waals surface area contributed by atoms with Gasteiger partial charge in [0.25, 0.3) is 0 Å². The van der Waals surface area contributed by atoms with Crippen LogP contribution in [0.5, 0.6) is 0 Å². The number of rotatable bonds is 1. The monoisotopic (exact) mass is 397 g/mol. The molecule has 0 amide bonds. The molecule has 4 aromatic carbocycles. The summed E-state index contributed by atoms with van der Waals surface area (Å²) in [4.78, 5) is 18.5. The Morgan fingerprint density at radius 1 is 0.452 bits per heavy atom. The summed E-state index contributed by atoms with van der Waals surface area (Å²) >= 11 is 0. The average Bonchev–Trinajstić information content (AvgIpc) is 3.17. The molecule has 0 spiro atoms. The van der Waals surface area contributed by atoms with Crippen molar-refractivity contribution in [3.63, 3.8) is 0 Å². The lowest BCUT2D eigenvalue weighted by atomic mass is 9.97. The Morgan fingerprint density at radius 2 is 1.13 bits per heavy atom. The van der Waals surface area contributed by atoms with E-state index in [1.54, 1.807) is 24.8 Å². The molecule has 0 saturated heterocycles. The molecular weight excluding hydrogens is 382 g/mol. The first-order valence-corrected chi connectivity index (χ1v) is 10.2. The molecule has 0 fully saturated rings. The SMILES string of the molecule is c1cnc(-n2c3ccccc3c3cc4c5ccccc5c5nccnc5c4cc32)nc1. The molecule has 3 heterocycles. The van der Waals surface area contributed by atoms with Crippen molar-refractivity contribution in [1.29, 1.82) is 0 Å². The fraction of sp³-hybridized carbons (Fsp3) is 0. The maximum atomic E-state index is 4.72. The normalized spacial score (nSPS) is 11.9. The van der Waals surface area contributed by atoms with E-state index in [1.165, 1.54) is 21.5 Å². The minimum atomic E-state index is 0.657. The number of fused-ring (bicyclic) bond motifs is 9. The lowest BCUT2D eigenvalue weighted by molar-refractivity contribution is 0.989. The van der Waals surface area contributed by atoms with Crippen LogP contribution in [0.25, 0.3) is 60.3 Å². The number of aromatic nitrogens is 5. The highest BCUT2D eigenvalue weighted by molar-refractivity contribution is 6.27. The maximum Gasteiger partial charge on any atom is 0.234 e. The summed E-state index contributed by atoms with van der Waals surface area (Å²) in [6, 6.07) is 23.2. The molecule has 0 aliphatic carbocycles. The Hall–Kier alpha value is -4.38. The summed E-state index contributed by atoms with van der Waals surface area (Å²) in [6.45, 7) is 0. The fourth-order valence-corrected chi connectivity index (χ4v) is 4.71. The molecule has 0 atom stereocenters. The van der Waals surface area contributed by atoms with Gasteiger partial charge in [-0.3, -0.25) is 14.5 Å². The highest BCUT2D eigenvalue weighted by Crippen LogP contribution is 2.39. The van der Waals surface area contributed by atoms with Gasteiger partial charge in [-0.1, -0.05) is 42.5 Å². The standard InChI is InChI=1S/C26H15N5/c1-2-8-18-16(6-1)19-14-20-17-7-3-4-9-22(17)31(26-29-10-5-11-30-26)23(20)15-21(19)25-24(18)27-12-13-28-25/h1-15H. The first-order chi connectivity index (χ1) is 15.4. The van der Waals surface area contributed by atoms with Gasteiger partial charge in [-0.2, -0.15) is 0 Å². The van der Waals surface area contributed by atoms with E-state index in [1.807, 2.05) is 6.07 Å². The molecule has 31 heavy (non-hydrogen) atoms. The number of benzene rings is 4. The second-order valence-corrected chi connectivity index (χ2v) is 7.62. The van der Waals surface area contributed by atoms with Gasteiger partial charge < -0.3 is 0 Å². The molecule has 144 valence electrons. The van der Waals surface area contributed by atoms with Crippen molar-refractivity contribution in [1.82, 2.24) is 24.5 Å². The van der Waals surface area contributed by atoms with Crippen LogP contribution < -0.4 is 0 Å². The molecule has 0 radical (unpaired) electrons. The molecule has 5 heteroatoms. The summed E-state index contributed by atoms with van der Waals surface area (Å²) in [6.07, 6.45) is 7.07. The quantitative estimate of drug-likeness (QED) is 0.327. The zero-order valence-electron chi connectivity index (χ0n) is 16.4. The summed E-state index contributed by atoms with van der Waals surface area (Å²) in [5, 5.41) is 6.90. The van der Waals surface area contributed by atoms with Crippen LogP contribution in [0, 0.1) is 0 Å². The Kier molecular flexibility index (Phi) is 3.21. The van der Waals surface area contributed by atoms with Gasteiger partial charge in [-0.15, -0.1) is 0 Å². The van der Waals surface area contributed by atoms with E-state index in [4.69, 9.17) is 4.98 Å². The van der Waals surface area contributed by atoms with Crippen LogP contribution in [0.15, 0.2) is 91.5 Å². The smallest absolute Gasteiger partial charge is 0.234 e. The van der Waals surface area contributed by atoms with Gasteiger partial charge in [0, 0.05) is 46.3 Å². The topological polar surface area (TPSA) is 56.5 Å². The Balaban J connectivity index is 1.78. The molecule has 0 aliphatic rings. The van der Waals surface area contributed by atoms with Gasteiger partial charge >= 0.3 is 0 Å². The van der Waals surface area contributed by atoms with Crippen LogP contribution in [-0.2, 0) is 0 Å². The van der Waals surface area contributed by atoms with Gasteiger partial charge in [-0.25, -0.2) is 9.97 Å². The third-order valence-electron chi connectivity index (χ3n) is 5.99. The zero-order chi connectivity index (χ0) is 20.4. The largest absolute Gasteiger partial charge is 0.278 e. The van der Waals surface area contributed by atoms with E-state index in [0.29, 0.717) is 5.95 Å². The van der Waals surface area contributed by atoms with Crippen LogP contribution >= 0.6 is 0 Å². The van der Waals surface area contributed by atoms with Crippen molar-refractivity contribution >= 4 is 54.4 Å². The molecule has 7 aromatic rings. The second kappa shape index (κ2) is 6.06. The van der Waals surface area contributed by atoms with Gasteiger partial charge in [-0.05, 0) is 35.0 Å². The van der Waals surface area contributed by atoms with E-state index in [2.05, 4.69) is 80.2 Å². The van der Waals surface area contributed by atoms with E-state index in [9.17, 15) is 0 Å². The molecule has 3 aromatic heterocycles. The van der Waals surface area contributed by atoms with E-state index >= 15 is 0 Å². The van der Waals surface area contributed by atoms with Crippen molar-refractivity contribution < 1.29 is 0 Å². The van der Waals surface area contributed by atoms with Crippen LogP contribution in [0.2, 0.25) is 0 Å². The molecule has 0 bridgehead atoms. The van der Waals surface area contributed by atoms with Crippen LogP contribution in [0.1, 0.15) is 0 Å². The summed E-state index contributed by atoms with van der Waals surface area (Å²) in [5.74, 6) is 0.657. The van der Waals surface area contributed by atoms with Crippen molar-refractivity contribution in [2.45, 2.75) is 0 Å². The highest BCUT2D eigenvalue weighted by Gasteiger charge is 2.17. The molecule has 0 unspecified atom stereocenters. The second-order valence-electron chi connectivity index (χ2n) is 7.62. The maximum absolute atomic E-state index is 4.72. The lowest BCUT2D eigenvalue weighted by Gasteiger charge is -2.10. The number of nitrogens with zero attached hydrogens (tertiary/aromatic N) is 5. The van der Waals surface area contributed by atoms with Gasteiger partial charge in [0.2, 0.25) is 5.95 Å². The Morgan fingerprint density at radius 3 is 1.94 bits per heavy atom. The molecular formula is C26H15N5. The number of para-hydroxylation sites is 1. The third kappa shape index (κ3) is 2.20. The summed E-state index contributed by atoms with van der Waals surface area (Å²) < 4.78 is 2.13. The molecule has 0 N–H and O–H groups in total. The van der Waals surface area contributed by atoms with Gasteiger partial charge in [0.05, 0.1) is 22.1 Å². The van der Waals surface area contributed by atoms with Crippen molar-refractivity contribution in [2.75, 3.05) is 0 Å². The molecule has 7 rings (SSSR count). The van der Waals surface area contributed by atoms with Crippen LogP contribution in [-0.4, -0.2) is 24.5 Å². The molecule has 0 saturated carbocycles. The number of hydrogen-bond acceptors (Lipinski definition) is 4. The van der Waals surface area contributed by atoms with Gasteiger partial charge in [0.1, 0.15) is 0 Å². The predicted octanol–water partition coefficient (Wildman–Crippen LogP) is 5.82. The summed E-state index contributed by atoms with van der Waals surface area (Å²) in [7, 11) is 0. The molecule has 0 aliphatic heterocycles. The Labute approximate surface area is 176 Å². The predicted molar refractivity (Wildman–Crippen MR) is 124 cm³/mol. The van der Waals surface area contributed by atoms with Crippen molar-refractivity contribution in [2.24, 2.45) is 0 Å². The average molecular weight is 397 g/mol. The minimum Gasteiger partial charge on any atom is -0.278 e. The Bertz CT molecular complexity index is 1780.